The van der Waals surface area contributed by atoms with Gasteiger partial charge in [0.2, 0.25) is 0 Å². The third kappa shape index (κ3) is 891. The monoisotopic (exact) mass is 202 g/mol. The smallest absolute Gasteiger partial charge is 0.401 e. The number of allylic oxidation sites excluding steroid dienone is 1. The Hall–Kier alpha value is -0.740. The van der Waals surface area contributed by atoms with E-state index in [2.05, 4.69) is 29.8 Å². The summed E-state index contributed by atoms with van der Waals surface area (Å²) in [4.78, 5) is 17.5. The molecule has 2 N–H and O–H groups in total. The summed E-state index contributed by atoms with van der Waals surface area (Å²) in [5.74, 6) is 0. The van der Waals surface area contributed by atoms with Gasteiger partial charge in [-0.15, -0.1) is 6.58 Å². The molecule has 0 spiro atoms. The first-order chi connectivity index (χ1) is 4.88. The summed E-state index contributed by atoms with van der Waals surface area (Å²) in [6.45, 7) is 5.25. The highest BCUT2D eigenvalue weighted by atomic mass is 35.5. The summed E-state index contributed by atoms with van der Waals surface area (Å²) >= 11 is 8.38. The number of rotatable bonds is 0. The van der Waals surface area contributed by atoms with Crippen LogP contribution in [0.1, 0.15) is 6.92 Å². The standard InChI is InChI=1S/C3H6.2CHClO2/c1-3-2;2*2-1(3)4/h3H,1H2,2H3;2*(H,3,4). The highest BCUT2D eigenvalue weighted by molar-refractivity contribution is 6.60. The van der Waals surface area contributed by atoms with Crippen LogP contribution in [0.4, 0.5) is 9.59 Å². The van der Waals surface area contributed by atoms with Gasteiger partial charge < -0.3 is 10.2 Å². The molecule has 0 radical (unpaired) electrons. The summed E-state index contributed by atoms with van der Waals surface area (Å²) < 4.78 is 0. The molecule has 4 nitrogen and oxygen atoms in total. The molecule has 0 amide bonds. The zero-order valence-electron chi connectivity index (χ0n) is 5.75. The van der Waals surface area contributed by atoms with E-state index in [1.54, 1.807) is 6.08 Å². The average Bonchev–Trinajstić information content (AvgIpc) is 1.60. The van der Waals surface area contributed by atoms with Gasteiger partial charge in [-0.05, 0) is 6.92 Å². The molecule has 66 valence electrons. The third-order valence-corrected chi connectivity index (χ3v) is 0. The van der Waals surface area contributed by atoms with Crippen LogP contribution in [-0.4, -0.2) is 21.1 Å². The molecule has 0 aliphatic heterocycles. The highest BCUT2D eigenvalue weighted by Gasteiger charge is 1.71. The molecule has 0 rings (SSSR count). The van der Waals surface area contributed by atoms with Gasteiger partial charge in [0.05, 0.1) is 0 Å². The fourth-order valence-corrected chi connectivity index (χ4v) is 0. The lowest BCUT2D eigenvalue weighted by Gasteiger charge is -1.55. The minimum Gasteiger partial charge on any atom is -0.469 e. The zero-order valence-corrected chi connectivity index (χ0v) is 7.26. The van der Waals surface area contributed by atoms with Crippen LogP contribution in [0.15, 0.2) is 12.7 Å². The number of carboxylic acid groups (broad SMARTS) is 2. The van der Waals surface area contributed by atoms with Crippen LogP contribution in [0.3, 0.4) is 0 Å². The highest BCUT2D eigenvalue weighted by Crippen LogP contribution is 1.68. The third-order valence-electron chi connectivity index (χ3n) is 0. The average molecular weight is 203 g/mol. The molecule has 6 heteroatoms. The van der Waals surface area contributed by atoms with Gasteiger partial charge in [0.1, 0.15) is 0 Å². The molecule has 0 aliphatic rings. The maximum absolute atomic E-state index is 8.77. The fourth-order valence-electron chi connectivity index (χ4n) is 0. The molecule has 0 aromatic carbocycles. The van der Waals surface area contributed by atoms with E-state index < -0.39 is 10.9 Å². The van der Waals surface area contributed by atoms with E-state index in [0.717, 1.165) is 0 Å². The summed E-state index contributed by atoms with van der Waals surface area (Å²) in [5, 5.41) is 14.4. The van der Waals surface area contributed by atoms with Crippen molar-refractivity contribution in [3.63, 3.8) is 0 Å². The predicted octanol–water partition coefficient (Wildman–Crippen LogP) is 3.00. The Labute approximate surface area is 74.0 Å². The van der Waals surface area contributed by atoms with Crippen LogP contribution in [0.5, 0.6) is 0 Å². The van der Waals surface area contributed by atoms with Crippen molar-refractivity contribution in [2.45, 2.75) is 6.92 Å². The van der Waals surface area contributed by atoms with Gasteiger partial charge in [-0.3, -0.25) is 0 Å². The minimum atomic E-state index is -1.36. The first kappa shape index (κ1) is 16.7. The van der Waals surface area contributed by atoms with Crippen molar-refractivity contribution in [2.75, 3.05) is 0 Å². The van der Waals surface area contributed by atoms with E-state index in [1.165, 1.54) is 0 Å². The Bertz CT molecular complexity index is 104. The van der Waals surface area contributed by atoms with Crippen LogP contribution in [0.2, 0.25) is 0 Å². The molecule has 0 heterocycles. The van der Waals surface area contributed by atoms with Crippen molar-refractivity contribution in [1.29, 1.82) is 0 Å². The molecule has 0 aliphatic carbocycles. The number of hydrogen-bond acceptors (Lipinski definition) is 2. The van der Waals surface area contributed by atoms with Gasteiger partial charge in [-0.1, -0.05) is 6.08 Å². The zero-order chi connectivity index (χ0) is 9.86. The number of hydrogen-bond donors (Lipinski definition) is 2. The van der Waals surface area contributed by atoms with E-state index >= 15 is 0 Å². The molecule has 0 aromatic heterocycles. The van der Waals surface area contributed by atoms with Crippen LogP contribution in [-0.2, 0) is 0 Å². The molecule has 0 atom stereocenters. The van der Waals surface area contributed by atoms with Crippen LogP contribution in [0.25, 0.3) is 0 Å². The fraction of sp³-hybridized carbons (Fsp3) is 0.200. The van der Waals surface area contributed by atoms with Crippen molar-refractivity contribution < 1.29 is 19.8 Å². The largest absolute Gasteiger partial charge is 0.469 e. The summed E-state index contributed by atoms with van der Waals surface area (Å²) in [6.07, 6.45) is 1.75. The predicted molar refractivity (Wildman–Crippen MR) is 43.6 cm³/mol. The Morgan fingerprint density at radius 2 is 1.27 bits per heavy atom. The molecular weight excluding hydrogens is 195 g/mol. The van der Waals surface area contributed by atoms with E-state index in [0.29, 0.717) is 0 Å². The molecule has 0 fully saturated rings. The van der Waals surface area contributed by atoms with Crippen molar-refractivity contribution >= 4 is 34.1 Å². The summed E-state index contributed by atoms with van der Waals surface area (Å²) in [5.41, 5.74) is -2.72. The second-order valence-corrected chi connectivity index (χ2v) is 1.56. The van der Waals surface area contributed by atoms with E-state index in [9.17, 15) is 0 Å². The second kappa shape index (κ2) is 16.1. The first-order valence-electron chi connectivity index (χ1n) is 2.22. The lowest BCUT2D eigenvalue weighted by molar-refractivity contribution is 0.219. The first-order valence-corrected chi connectivity index (χ1v) is 2.97. The lowest BCUT2D eigenvalue weighted by atomic mass is 10.8. The Balaban J connectivity index is -0.0000000886. The summed E-state index contributed by atoms with van der Waals surface area (Å²) in [7, 11) is 0. The van der Waals surface area contributed by atoms with Gasteiger partial charge >= 0.3 is 10.9 Å². The van der Waals surface area contributed by atoms with Gasteiger partial charge in [0.15, 0.2) is 0 Å². The van der Waals surface area contributed by atoms with E-state index in [1.807, 2.05) is 6.92 Å². The Morgan fingerprint density at radius 1 is 1.27 bits per heavy atom. The van der Waals surface area contributed by atoms with Crippen molar-refractivity contribution in [3.8, 4) is 0 Å². The molecule has 0 unspecified atom stereocenters. The maximum atomic E-state index is 8.77. The van der Waals surface area contributed by atoms with Gasteiger partial charge in [-0.2, -0.15) is 0 Å². The second-order valence-electron chi connectivity index (χ2n) is 0.914. The summed E-state index contributed by atoms with van der Waals surface area (Å²) in [6, 6.07) is 0. The number of halogens is 2. The van der Waals surface area contributed by atoms with E-state index in [4.69, 9.17) is 19.8 Å². The normalized spacial score (nSPS) is 5.73. The molecule has 0 saturated heterocycles. The van der Waals surface area contributed by atoms with Crippen LogP contribution < -0.4 is 0 Å². The maximum Gasteiger partial charge on any atom is 0.401 e. The van der Waals surface area contributed by atoms with Gasteiger partial charge in [-0.25, -0.2) is 9.59 Å². The molecular formula is C5H8Cl2O4. The molecule has 0 saturated carbocycles. The van der Waals surface area contributed by atoms with Gasteiger partial charge in [0.25, 0.3) is 0 Å². The molecule has 11 heavy (non-hydrogen) atoms. The quantitative estimate of drug-likeness (QED) is 0.468. The lowest BCUT2D eigenvalue weighted by Crippen LogP contribution is -1.66. The van der Waals surface area contributed by atoms with Crippen LogP contribution >= 0.6 is 23.2 Å². The minimum absolute atomic E-state index is 1.36. The van der Waals surface area contributed by atoms with Crippen molar-refractivity contribution in [1.82, 2.24) is 0 Å². The van der Waals surface area contributed by atoms with Gasteiger partial charge in [0, 0.05) is 23.2 Å². The SMILES string of the molecule is C=CC.O=C(O)Cl.O=C(O)Cl. The number of carbonyl (C=O) groups is 2. The topological polar surface area (TPSA) is 74.6 Å². The molecule has 0 bridgehead atoms. The van der Waals surface area contributed by atoms with E-state index in [-0.39, 0.29) is 0 Å². The molecule has 0 aromatic rings. The van der Waals surface area contributed by atoms with Crippen molar-refractivity contribution in [2.24, 2.45) is 0 Å². The van der Waals surface area contributed by atoms with Crippen molar-refractivity contribution in [3.05, 3.63) is 12.7 Å². The Kier molecular flexibility index (Phi) is 24.5. The van der Waals surface area contributed by atoms with Crippen LogP contribution in [0, 0.1) is 0 Å². The Morgan fingerprint density at radius 3 is 1.27 bits per heavy atom.